The molecule has 5 rings (SSSR count). The number of nitrogens with zero attached hydrogens (tertiary/aromatic N) is 2. The van der Waals surface area contributed by atoms with Gasteiger partial charge in [0.25, 0.3) is 5.56 Å². The Morgan fingerprint density at radius 1 is 1.00 bits per heavy atom. The van der Waals surface area contributed by atoms with E-state index in [1.54, 1.807) is 37.9 Å². The minimum Gasteiger partial charge on any atom is -0.494 e. The van der Waals surface area contributed by atoms with Crippen LogP contribution in [0.25, 0.3) is 6.08 Å². The molecule has 1 aliphatic heterocycles. The monoisotopic (exact) mass is 598 g/mol. The van der Waals surface area contributed by atoms with E-state index in [2.05, 4.69) is 6.92 Å². The smallest absolute Gasteiger partial charge is 0.338 e. The summed E-state index contributed by atoms with van der Waals surface area (Å²) in [6.07, 6.45) is 3.78. The zero-order valence-electron chi connectivity index (χ0n) is 24.7. The number of allylic oxidation sites excluding steroid dienone is 1. The van der Waals surface area contributed by atoms with Crippen LogP contribution >= 0.6 is 11.3 Å². The number of aromatic nitrogens is 1. The molecule has 3 aromatic carbocycles. The normalized spacial score (nSPS) is 14.6. The fraction of sp³-hybridized carbons (Fsp3) is 0.265. The molecule has 8 nitrogen and oxygen atoms in total. The summed E-state index contributed by atoms with van der Waals surface area (Å²) in [6.45, 7) is 4.62. The first-order valence-corrected chi connectivity index (χ1v) is 14.9. The molecule has 0 spiro atoms. The Hall–Kier alpha value is -4.63. The molecule has 0 aliphatic carbocycles. The van der Waals surface area contributed by atoms with Gasteiger partial charge in [0.1, 0.15) is 12.4 Å². The standard InChI is InChI=1S/C34H34N2O6S/c1-5-6-18-41-26-15-13-25(14-16-26)31-30(33(38)42-21-23-10-8-7-9-11-23)22(2)35-34-36(31)32(37)29(43-34)20-24-12-17-27(39-3)28(19-24)40-4/h7-17,19-20,31H,5-6,18,21H2,1-4H3. The highest BCUT2D eigenvalue weighted by Gasteiger charge is 2.33. The zero-order chi connectivity index (χ0) is 30.3. The van der Waals surface area contributed by atoms with Crippen LogP contribution in [0, 0.1) is 0 Å². The number of carbonyl (C=O) groups is 1. The lowest BCUT2D eigenvalue weighted by molar-refractivity contribution is -0.140. The van der Waals surface area contributed by atoms with Crippen LogP contribution in [0.1, 0.15) is 49.4 Å². The second-order valence-electron chi connectivity index (χ2n) is 10.0. The van der Waals surface area contributed by atoms with Gasteiger partial charge in [0, 0.05) is 0 Å². The van der Waals surface area contributed by atoms with Gasteiger partial charge < -0.3 is 18.9 Å². The third-order valence-corrected chi connectivity index (χ3v) is 8.11. The van der Waals surface area contributed by atoms with Gasteiger partial charge in [-0.15, -0.1) is 0 Å². The molecule has 2 heterocycles. The van der Waals surface area contributed by atoms with E-state index in [-0.39, 0.29) is 12.2 Å². The first kappa shape index (κ1) is 29.8. The molecule has 0 saturated carbocycles. The van der Waals surface area contributed by atoms with Crippen molar-refractivity contribution in [1.29, 1.82) is 0 Å². The fourth-order valence-electron chi connectivity index (χ4n) is 4.87. The number of hydrogen-bond acceptors (Lipinski definition) is 8. The van der Waals surface area contributed by atoms with Crippen molar-refractivity contribution in [3.63, 3.8) is 0 Å². The third-order valence-electron chi connectivity index (χ3n) is 7.12. The van der Waals surface area contributed by atoms with Gasteiger partial charge in [-0.05, 0) is 60.4 Å². The van der Waals surface area contributed by atoms with E-state index < -0.39 is 12.0 Å². The van der Waals surface area contributed by atoms with E-state index in [0.717, 1.165) is 35.3 Å². The average Bonchev–Trinajstić information content (AvgIpc) is 3.33. The Kier molecular flexibility index (Phi) is 9.41. The van der Waals surface area contributed by atoms with Gasteiger partial charge >= 0.3 is 5.97 Å². The topological polar surface area (TPSA) is 88.4 Å². The van der Waals surface area contributed by atoms with Crippen LogP contribution in [0.2, 0.25) is 0 Å². The summed E-state index contributed by atoms with van der Waals surface area (Å²) in [5.41, 5.74) is 2.96. The summed E-state index contributed by atoms with van der Waals surface area (Å²) in [5, 5.41) is 0. The molecule has 43 heavy (non-hydrogen) atoms. The lowest BCUT2D eigenvalue weighted by Crippen LogP contribution is -2.39. The maximum atomic E-state index is 14.0. The predicted molar refractivity (Wildman–Crippen MR) is 166 cm³/mol. The lowest BCUT2D eigenvalue weighted by Gasteiger charge is -2.25. The molecule has 0 fully saturated rings. The van der Waals surface area contributed by atoms with Crippen molar-refractivity contribution < 1.29 is 23.7 Å². The molecule has 0 radical (unpaired) electrons. The number of hydrogen-bond donors (Lipinski definition) is 0. The Labute approximate surface area is 254 Å². The van der Waals surface area contributed by atoms with E-state index >= 15 is 0 Å². The molecule has 0 N–H and O–H groups in total. The van der Waals surface area contributed by atoms with Crippen LogP contribution in [-0.4, -0.2) is 31.4 Å². The maximum absolute atomic E-state index is 14.0. The summed E-state index contributed by atoms with van der Waals surface area (Å²) in [7, 11) is 3.14. The minimum atomic E-state index is -0.725. The molecule has 0 saturated heterocycles. The Bertz CT molecular complexity index is 1810. The van der Waals surface area contributed by atoms with Crippen LogP contribution in [-0.2, 0) is 16.1 Å². The third kappa shape index (κ3) is 6.57. The van der Waals surface area contributed by atoms with Gasteiger partial charge in [-0.1, -0.05) is 73.2 Å². The van der Waals surface area contributed by atoms with Crippen molar-refractivity contribution in [2.45, 2.75) is 39.3 Å². The number of esters is 1. The minimum absolute atomic E-state index is 0.108. The quantitative estimate of drug-likeness (QED) is 0.175. The van der Waals surface area contributed by atoms with E-state index in [9.17, 15) is 9.59 Å². The number of benzene rings is 3. The number of carbonyl (C=O) groups excluding carboxylic acids is 1. The second-order valence-corrected chi connectivity index (χ2v) is 11.0. The lowest BCUT2D eigenvalue weighted by atomic mass is 9.96. The SMILES string of the molecule is CCCCOc1ccc(C2C(C(=O)OCc3ccccc3)=C(C)N=c3sc(=Cc4ccc(OC)c(OC)c4)c(=O)n32)cc1. The van der Waals surface area contributed by atoms with Crippen molar-refractivity contribution in [2.24, 2.45) is 4.99 Å². The van der Waals surface area contributed by atoms with Crippen LogP contribution in [0.4, 0.5) is 0 Å². The van der Waals surface area contributed by atoms with Gasteiger partial charge in [0.15, 0.2) is 16.3 Å². The molecule has 1 unspecified atom stereocenters. The molecule has 0 amide bonds. The summed E-state index contributed by atoms with van der Waals surface area (Å²) < 4.78 is 24.5. The largest absolute Gasteiger partial charge is 0.494 e. The molecule has 222 valence electrons. The fourth-order valence-corrected chi connectivity index (χ4v) is 5.92. The summed E-state index contributed by atoms with van der Waals surface area (Å²) in [4.78, 5) is 32.9. The van der Waals surface area contributed by atoms with E-state index in [1.165, 1.54) is 11.3 Å². The molecule has 1 aliphatic rings. The predicted octanol–water partition coefficient (Wildman–Crippen LogP) is 5.17. The highest BCUT2D eigenvalue weighted by molar-refractivity contribution is 7.07. The van der Waals surface area contributed by atoms with Crippen LogP contribution in [0.3, 0.4) is 0 Å². The molecular weight excluding hydrogens is 564 g/mol. The molecular formula is C34H34N2O6S. The van der Waals surface area contributed by atoms with Crippen LogP contribution in [0.5, 0.6) is 17.2 Å². The maximum Gasteiger partial charge on any atom is 0.338 e. The number of thiazole rings is 1. The van der Waals surface area contributed by atoms with Crippen molar-refractivity contribution in [3.8, 4) is 17.2 Å². The Balaban J connectivity index is 1.57. The van der Waals surface area contributed by atoms with E-state index in [0.29, 0.717) is 38.7 Å². The van der Waals surface area contributed by atoms with Gasteiger partial charge in [-0.3, -0.25) is 9.36 Å². The first-order valence-electron chi connectivity index (χ1n) is 14.1. The van der Waals surface area contributed by atoms with Crippen molar-refractivity contribution in [3.05, 3.63) is 120 Å². The van der Waals surface area contributed by atoms with Gasteiger partial charge in [0.2, 0.25) is 0 Å². The zero-order valence-corrected chi connectivity index (χ0v) is 25.5. The van der Waals surface area contributed by atoms with Crippen molar-refractivity contribution in [1.82, 2.24) is 4.57 Å². The van der Waals surface area contributed by atoms with E-state index in [1.807, 2.05) is 66.7 Å². The number of unbranched alkanes of at least 4 members (excludes halogenated alkanes) is 1. The van der Waals surface area contributed by atoms with Crippen LogP contribution < -0.4 is 29.1 Å². The number of fused-ring (bicyclic) bond motifs is 1. The Morgan fingerprint density at radius 3 is 2.44 bits per heavy atom. The highest BCUT2D eigenvalue weighted by Crippen LogP contribution is 2.32. The highest BCUT2D eigenvalue weighted by atomic mass is 32.1. The summed E-state index contributed by atoms with van der Waals surface area (Å²) in [6, 6.07) is 21.7. The summed E-state index contributed by atoms with van der Waals surface area (Å²) in [5.74, 6) is 1.36. The van der Waals surface area contributed by atoms with Gasteiger partial charge in [-0.25, -0.2) is 9.79 Å². The molecule has 9 heteroatoms. The van der Waals surface area contributed by atoms with E-state index in [4.69, 9.17) is 23.9 Å². The number of methoxy groups -OCH3 is 2. The van der Waals surface area contributed by atoms with Crippen molar-refractivity contribution >= 4 is 23.4 Å². The first-order chi connectivity index (χ1) is 20.9. The molecule has 1 aromatic heterocycles. The molecule has 1 atom stereocenters. The van der Waals surface area contributed by atoms with Crippen LogP contribution in [0.15, 0.2) is 93.9 Å². The van der Waals surface area contributed by atoms with Crippen molar-refractivity contribution in [2.75, 3.05) is 20.8 Å². The molecule has 0 bridgehead atoms. The number of rotatable bonds is 11. The molecule has 4 aromatic rings. The Morgan fingerprint density at radius 2 is 1.74 bits per heavy atom. The van der Waals surface area contributed by atoms with Gasteiger partial charge in [0.05, 0.1) is 42.7 Å². The average molecular weight is 599 g/mol. The van der Waals surface area contributed by atoms with Gasteiger partial charge in [-0.2, -0.15) is 0 Å². The number of ether oxygens (including phenoxy) is 4. The second kappa shape index (κ2) is 13.6. The summed E-state index contributed by atoms with van der Waals surface area (Å²) >= 11 is 1.27.